The second-order valence-corrected chi connectivity index (χ2v) is 3.12. The number of hydrogen-bond acceptors (Lipinski definition) is 4. The van der Waals surface area contributed by atoms with Crippen LogP contribution in [0.2, 0.25) is 0 Å². The summed E-state index contributed by atoms with van der Waals surface area (Å²) in [5.41, 5.74) is 0. The predicted octanol–water partition coefficient (Wildman–Crippen LogP) is 2.53. The van der Waals surface area contributed by atoms with E-state index in [0.29, 0.717) is 5.84 Å². The number of carbonyl (C=O) groups is 1. The molecule has 6 heteroatoms. The molecule has 0 unspecified atom stereocenters. The fraction of sp³-hybridized carbons (Fsp3) is 0.333. The summed E-state index contributed by atoms with van der Waals surface area (Å²) in [6.45, 7) is 10.9. The minimum atomic E-state index is -0.548. The third kappa shape index (κ3) is 6.37. The van der Waals surface area contributed by atoms with Crippen LogP contribution in [0.1, 0.15) is 20.3 Å². The molecule has 0 amide bonds. The van der Waals surface area contributed by atoms with E-state index in [1.807, 2.05) is 0 Å². The van der Waals surface area contributed by atoms with E-state index in [1.54, 1.807) is 0 Å². The topological polar surface area (TPSA) is 68.8 Å². The highest BCUT2D eigenvalue weighted by molar-refractivity contribution is 5.89. The van der Waals surface area contributed by atoms with Gasteiger partial charge in [-0.2, -0.15) is 0 Å². The van der Waals surface area contributed by atoms with Gasteiger partial charge in [0, 0.05) is 18.6 Å². The Labute approximate surface area is 107 Å². The van der Waals surface area contributed by atoms with Crippen LogP contribution in [-0.2, 0) is 4.74 Å². The Morgan fingerprint density at radius 1 is 1.56 bits per heavy atom. The van der Waals surface area contributed by atoms with Crippen LogP contribution in [0.3, 0.4) is 0 Å². The number of amidine groups is 1. The molecule has 0 aliphatic carbocycles. The summed E-state index contributed by atoms with van der Waals surface area (Å²) in [7, 11) is 0. The molecule has 18 heavy (non-hydrogen) atoms. The Morgan fingerprint density at radius 2 is 2.22 bits per heavy atom. The van der Waals surface area contributed by atoms with Gasteiger partial charge < -0.3 is 4.74 Å². The van der Waals surface area contributed by atoms with Crippen molar-refractivity contribution in [3.8, 4) is 0 Å². The average molecular weight is 250 g/mol. The van der Waals surface area contributed by atoms with Crippen molar-refractivity contribution in [1.82, 2.24) is 9.55 Å². The molecule has 98 valence electrons. The van der Waals surface area contributed by atoms with Gasteiger partial charge in [0.25, 0.3) is 0 Å². The van der Waals surface area contributed by atoms with Gasteiger partial charge in [0.1, 0.15) is 6.33 Å². The van der Waals surface area contributed by atoms with E-state index in [4.69, 9.17) is 4.74 Å². The standard InChI is InChI=1S/C9H10N4O2.C3H8/c1-3-12-8(10-2)6-15-9(14)13-5-4-11-7-13;1-3-2/h3-5,7H,1-2,6H2;3H2,1-2H3. The van der Waals surface area contributed by atoms with Crippen molar-refractivity contribution in [3.63, 3.8) is 0 Å². The van der Waals surface area contributed by atoms with Crippen LogP contribution in [-0.4, -0.2) is 34.8 Å². The summed E-state index contributed by atoms with van der Waals surface area (Å²) in [6, 6.07) is 0. The van der Waals surface area contributed by atoms with Gasteiger partial charge in [0.15, 0.2) is 12.4 Å². The maximum absolute atomic E-state index is 11.3. The number of hydrogen-bond donors (Lipinski definition) is 0. The molecule has 0 atom stereocenters. The van der Waals surface area contributed by atoms with Crippen LogP contribution in [0.4, 0.5) is 4.79 Å². The third-order valence-electron chi connectivity index (χ3n) is 1.46. The molecule has 0 aliphatic rings. The molecule has 1 rings (SSSR count). The molecule has 0 radical (unpaired) electrons. The molecule has 0 saturated heterocycles. The zero-order valence-corrected chi connectivity index (χ0v) is 10.7. The lowest BCUT2D eigenvalue weighted by Gasteiger charge is -2.03. The molecule has 1 heterocycles. The van der Waals surface area contributed by atoms with Gasteiger partial charge in [-0.3, -0.25) is 0 Å². The highest BCUT2D eigenvalue weighted by atomic mass is 16.5. The maximum atomic E-state index is 11.3. The Morgan fingerprint density at radius 3 is 2.67 bits per heavy atom. The molecule has 0 saturated carbocycles. The van der Waals surface area contributed by atoms with E-state index in [1.165, 1.54) is 35.9 Å². The second kappa shape index (κ2) is 9.95. The van der Waals surface area contributed by atoms with Gasteiger partial charge in [-0.05, 0) is 6.72 Å². The van der Waals surface area contributed by atoms with Crippen molar-refractivity contribution >= 4 is 18.6 Å². The van der Waals surface area contributed by atoms with Crippen LogP contribution < -0.4 is 0 Å². The molecular formula is C12H18N4O2. The van der Waals surface area contributed by atoms with Crippen LogP contribution in [0.15, 0.2) is 41.5 Å². The van der Waals surface area contributed by atoms with Gasteiger partial charge in [-0.25, -0.2) is 24.3 Å². The molecule has 0 fully saturated rings. The minimum absolute atomic E-state index is 0.0491. The van der Waals surface area contributed by atoms with Crippen molar-refractivity contribution in [2.75, 3.05) is 6.61 Å². The van der Waals surface area contributed by atoms with Crippen molar-refractivity contribution < 1.29 is 9.53 Å². The number of ether oxygens (including phenoxy) is 1. The van der Waals surface area contributed by atoms with Crippen molar-refractivity contribution in [3.05, 3.63) is 31.5 Å². The lowest BCUT2D eigenvalue weighted by atomic mass is 10.6. The smallest absolute Gasteiger partial charge is 0.419 e. The molecule has 1 aromatic heterocycles. The maximum Gasteiger partial charge on any atom is 0.419 e. The predicted molar refractivity (Wildman–Crippen MR) is 72.1 cm³/mol. The molecule has 0 aliphatic heterocycles. The number of rotatable bonds is 3. The highest BCUT2D eigenvalue weighted by Gasteiger charge is 2.05. The van der Waals surface area contributed by atoms with Crippen LogP contribution in [0, 0.1) is 0 Å². The van der Waals surface area contributed by atoms with E-state index < -0.39 is 6.09 Å². The fourth-order valence-electron chi connectivity index (χ4n) is 0.797. The van der Waals surface area contributed by atoms with E-state index >= 15 is 0 Å². The lowest BCUT2D eigenvalue weighted by molar-refractivity contribution is 0.163. The van der Waals surface area contributed by atoms with E-state index in [9.17, 15) is 4.79 Å². The van der Waals surface area contributed by atoms with E-state index in [-0.39, 0.29) is 6.61 Å². The Bertz CT molecular complexity index is 396. The Balaban J connectivity index is 0.000000873. The third-order valence-corrected chi connectivity index (χ3v) is 1.46. The highest BCUT2D eigenvalue weighted by Crippen LogP contribution is 1.92. The quantitative estimate of drug-likeness (QED) is 0.611. The van der Waals surface area contributed by atoms with Crippen molar-refractivity contribution in [2.24, 2.45) is 9.98 Å². The molecular weight excluding hydrogens is 232 g/mol. The summed E-state index contributed by atoms with van der Waals surface area (Å²) >= 11 is 0. The van der Waals surface area contributed by atoms with Crippen LogP contribution in [0.25, 0.3) is 0 Å². The summed E-state index contributed by atoms with van der Waals surface area (Å²) in [5, 5.41) is 0. The minimum Gasteiger partial charge on any atom is -0.441 e. The first-order chi connectivity index (χ1) is 8.69. The molecule has 0 bridgehead atoms. The Hall–Kier alpha value is -2.24. The first-order valence-corrected chi connectivity index (χ1v) is 5.48. The summed E-state index contributed by atoms with van der Waals surface area (Å²) in [5.74, 6) is 0.290. The van der Waals surface area contributed by atoms with Gasteiger partial charge in [-0.15, -0.1) is 0 Å². The number of imidazole rings is 1. The monoisotopic (exact) mass is 250 g/mol. The average Bonchev–Trinajstić information content (AvgIpc) is 2.89. The van der Waals surface area contributed by atoms with E-state index in [2.05, 4.69) is 42.1 Å². The summed E-state index contributed by atoms with van der Waals surface area (Å²) in [4.78, 5) is 22.3. The summed E-state index contributed by atoms with van der Waals surface area (Å²) < 4.78 is 6.07. The van der Waals surface area contributed by atoms with E-state index in [0.717, 1.165) is 0 Å². The van der Waals surface area contributed by atoms with Crippen molar-refractivity contribution in [1.29, 1.82) is 0 Å². The molecule has 6 nitrogen and oxygen atoms in total. The van der Waals surface area contributed by atoms with Gasteiger partial charge >= 0.3 is 6.09 Å². The fourth-order valence-corrected chi connectivity index (χ4v) is 0.797. The number of nitrogens with zero attached hydrogens (tertiary/aromatic N) is 4. The number of aromatic nitrogens is 2. The summed E-state index contributed by atoms with van der Waals surface area (Å²) in [6.07, 6.45) is 6.30. The van der Waals surface area contributed by atoms with Crippen LogP contribution >= 0.6 is 0 Å². The number of aliphatic imine (C=N–C) groups is 2. The Kier molecular flexibility index (Phi) is 8.71. The molecule has 1 aromatic rings. The zero-order valence-electron chi connectivity index (χ0n) is 10.7. The van der Waals surface area contributed by atoms with Gasteiger partial charge in [0.05, 0.1) is 0 Å². The normalized spacial score (nSPS) is 10.0. The van der Waals surface area contributed by atoms with Gasteiger partial charge in [0.2, 0.25) is 0 Å². The van der Waals surface area contributed by atoms with Crippen LogP contribution in [0.5, 0.6) is 0 Å². The lowest BCUT2D eigenvalue weighted by Crippen LogP contribution is -2.16. The SMILES string of the molecule is C=CN=C(COC(=O)n1ccnc1)N=C.CCC. The van der Waals surface area contributed by atoms with Gasteiger partial charge in [-0.1, -0.05) is 26.8 Å². The first-order valence-electron chi connectivity index (χ1n) is 5.48. The molecule has 0 spiro atoms. The van der Waals surface area contributed by atoms with Crippen molar-refractivity contribution in [2.45, 2.75) is 20.3 Å². The molecule has 0 aromatic carbocycles. The number of carbonyl (C=O) groups excluding carboxylic acids is 1. The zero-order chi connectivity index (χ0) is 13.8. The molecule has 0 N–H and O–H groups in total. The second-order valence-electron chi connectivity index (χ2n) is 3.12. The largest absolute Gasteiger partial charge is 0.441 e. The first kappa shape index (κ1) is 15.8.